The number of hydrogen-bond acceptors (Lipinski definition) is 2. The van der Waals surface area contributed by atoms with Gasteiger partial charge in [-0.25, -0.2) is 0 Å². The summed E-state index contributed by atoms with van der Waals surface area (Å²) in [5, 5.41) is 0.474. The molecule has 0 saturated heterocycles. The van der Waals surface area contributed by atoms with Crippen molar-refractivity contribution in [2.75, 3.05) is 11.4 Å². The van der Waals surface area contributed by atoms with Crippen LogP contribution in [0.3, 0.4) is 0 Å². The van der Waals surface area contributed by atoms with E-state index in [0.717, 1.165) is 34.0 Å². The van der Waals surface area contributed by atoms with Gasteiger partial charge in [-0.15, -0.1) is 0 Å². The average molecular weight is 439 g/mol. The van der Waals surface area contributed by atoms with Crippen molar-refractivity contribution in [2.24, 2.45) is 11.1 Å². The number of halogens is 4. The van der Waals surface area contributed by atoms with E-state index >= 15 is 0 Å². The molecule has 1 amide bonds. The maximum atomic E-state index is 13.0. The summed E-state index contributed by atoms with van der Waals surface area (Å²) >= 11 is 6.61. The van der Waals surface area contributed by atoms with E-state index in [4.69, 9.17) is 17.3 Å². The number of nitrogens with zero attached hydrogens (tertiary/aromatic N) is 1. The minimum atomic E-state index is -4.34. The van der Waals surface area contributed by atoms with Gasteiger partial charge in [0.15, 0.2) is 0 Å². The van der Waals surface area contributed by atoms with Gasteiger partial charge in [-0.1, -0.05) is 38.4 Å². The van der Waals surface area contributed by atoms with Crippen LogP contribution in [0.2, 0.25) is 5.02 Å². The van der Waals surface area contributed by atoms with Crippen LogP contribution < -0.4 is 10.6 Å². The molecule has 162 valence electrons. The number of carbonyl (C=O) groups is 1. The smallest absolute Gasteiger partial charge is 0.369 e. The highest BCUT2D eigenvalue weighted by atomic mass is 35.5. The van der Waals surface area contributed by atoms with Gasteiger partial charge >= 0.3 is 6.18 Å². The van der Waals surface area contributed by atoms with Crippen LogP contribution in [-0.2, 0) is 23.9 Å². The predicted molar refractivity (Wildman–Crippen MR) is 114 cm³/mol. The third kappa shape index (κ3) is 4.43. The zero-order chi connectivity index (χ0) is 22.4. The van der Waals surface area contributed by atoms with Crippen molar-refractivity contribution in [3.63, 3.8) is 0 Å². The highest BCUT2D eigenvalue weighted by molar-refractivity contribution is 6.32. The summed E-state index contributed by atoms with van der Waals surface area (Å²) < 4.78 is 38.9. The summed E-state index contributed by atoms with van der Waals surface area (Å²) in [4.78, 5) is 14.2. The third-order valence-corrected chi connectivity index (χ3v) is 5.98. The number of primary amides is 1. The summed E-state index contributed by atoms with van der Waals surface area (Å²) in [7, 11) is 0. The Bertz CT molecular complexity index is 956. The normalized spacial score (nSPS) is 15.7. The predicted octanol–water partition coefficient (Wildman–Crippen LogP) is 5.84. The van der Waals surface area contributed by atoms with Crippen LogP contribution in [0.1, 0.15) is 54.5 Å². The van der Waals surface area contributed by atoms with E-state index in [-0.39, 0.29) is 5.41 Å². The molecule has 30 heavy (non-hydrogen) atoms. The quantitative estimate of drug-likeness (QED) is 0.653. The van der Waals surface area contributed by atoms with E-state index in [1.54, 1.807) is 6.07 Å². The Kier molecular flexibility index (Phi) is 5.84. The van der Waals surface area contributed by atoms with Crippen LogP contribution in [0, 0.1) is 12.3 Å². The lowest BCUT2D eigenvalue weighted by Gasteiger charge is -2.34. The number of fused-ring (bicyclic) bond motifs is 1. The van der Waals surface area contributed by atoms with Gasteiger partial charge in [0.05, 0.1) is 11.5 Å². The van der Waals surface area contributed by atoms with Gasteiger partial charge in [0.25, 0.3) is 0 Å². The molecule has 3 rings (SSSR count). The van der Waals surface area contributed by atoms with Gasteiger partial charge in [-0.05, 0) is 65.3 Å². The van der Waals surface area contributed by atoms with Crippen LogP contribution in [0.25, 0.3) is 0 Å². The fraction of sp³-hybridized carbons (Fsp3) is 0.435. The summed E-state index contributed by atoms with van der Waals surface area (Å²) in [5.41, 5.74) is 8.76. The van der Waals surface area contributed by atoms with Gasteiger partial charge < -0.3 is 10.6 Å². The molecule has 2 aromatic rings. The van der Waals surface area contributed by atoms with Gasteiger partial charge in [-0.2, -0.15) is 13.2 Å². The minimum Gasteiger partial charge on any atom is -0.369 e. The molecule has 1 unspecified atom stereocenters. The van der Waals surface area contributed by atoms with E-state index in [9.17, 15) is 18.0 Å². The Balaban J connectivity index is 1.92. The molecular weight excluding hydrogens is 413 g/mol. The molecule has 0 aromatic heterocycles. The molecule has 0 saturated carbocycles. The first kappa shape index (κ1) is 22.5. The average Bonchev–Trinajstić information content (AvgIpc) is 2.61. The van der Waals surface area contributed by atoms with Gasteiger partial charge in [-0.3, -0.25) is 4.79 Å². The fourth-order valence-corrected chi connectivity index (χ4v) is 4.61. The Labute approximate surface area is 180 Å². The van der Waals surface area contributed by atoms with E-state index in [2.05, 4.69) is 4.90 Å². The topological polar surface area (TPSA) is 46.3 Å². The lowest BCUT2D eigenvalue weighted by atomic mass is 9.74. The van der Waals surface area contributed by atoms with Gasteiger partial charge in [0.1, 0.15) is 0 Å². The molecule has 0 aliphatic carbocycles. The van der Waals surface area contributed by atoms with Crippen LogP contribution in [0.15, 0.2) is 30.3 Å². The maximum absolute atomic E-state index is 13.0. The van der Waals surface area contributed by atoms with E-state index < -0.39 is 23.6 Å². The maximum Gasteiger partial charge on any atom is 0.416 e. The Morgan fingerprint density at radius 2 is 1.80 bits per heavy atom. The standard InChI is InChI=1S/C23H26ClF3N2O/c1-13-9-17(11-18(24)19(13)20(21(28)30)22(2,3)4)29-8-7-14-10-16(23(25,26)27)6-5-15(14)12-29/h5-6,9-11,20H,7-8,12H2,1-4H3,(H2,28,30). The van der Waals surface area contributed by atoms with Crippen molar-refractivity contribution >= 4 is 23.2 Å². The minimum absolute atomic E-state index is 0.387. The number of carbonyl (C=O) groups excluding carboxylic acids is 1. The highest BCUT2D eigenvalue weighted by Crippen LogP contribution is 2.42. The number of amides is 1. The zero-order valence-electron chi connectivity index (χ0n) is 17.5. The second-order valence-corrected chi connectivity index (χ2v) is 9.42. The van der Waals surface area contributed by atoms with Crippen LogP contribution in [-0.4, -0.2) is 12.5 Å². The van der Waals surface area contributed by atoms with Crippen LogP contribution >= 0.6 is 11.6 Å². The van der Waals surface area contributed by atoms with Crippen molar-refractivity contribution in [1.29, 1.82) is 0 Å². The lowest BCUT2D eigenvalue weighted by molar-refractivity contribution is -0.137. The molecule has 1 atom stereocenters. The monoisotopic (exact) mass is 438 g/mol. The van der Waals surface area contributed by atoms with Crippen molar-refractivity contribution in [3.05, 3.63) is 63.2 Å². The van der Waals surface area contributed by atoms with Gasteiger partial charge in [0, 0.05) is 23.8 Å². The first-order valence-electron chi connectivity index (χ1n) is 9.82. The highest BCUT2D eigenvalue weighted by Gasteiger charge is 2.35. The summed E-state index contributed by atoms with van der Waals surface area (Å²) in [5.74, 6) is -0.949. The molecule has 3 nitrogen and oxygen atoms in total. The van der Waals surface area contributed by atoms with E-state index in [1.807, 2.05) is 39.8 Å². The third-order valence-electron chi connectivity index (χ3n) is 5.67. The number of alkyl halides is 3. The molecule has 1 aliphatic rings. The molecule has 2 aromatic carbocycles. The van der Waals surface area contributed by atoms with Crippen molar-refractivity contribution in [1.82, 2.24) is 0 Å². The van der Waals surface area contributed by atoms with Gasteiger partial charge in [0.2, 0.25) is 5.91 Å². The Morgan fingerprint density at radius 1 is 1.13 bits per heavy atom. The van der Waals surface area contributed by atoms with E-state index in [1.165, 1.54) is 6.07 Å². The molecular formula is C23H26ClF3N2O. The Morgan fingerprint density at radius 3 is 2.33 bits per heavy atom. The number of benzene rings is 2. The van der Waals surface area contributed by atoms with E-state index in [0.29, 0.717) is 24.5 Å². The molecule has 0 fully saturated rings. The van der Waals surface area contributed by atoms with Crippen LogP contribution in [0.4, 0.5) is 18.9 Å². The lowest BCUT2D eigenvalue weighted by Crippen LogP contribution is -2.33. The van der Waals surface area contributed by atoms with Crippen LogP contribution in [0.5, 0.6) is 0 Å². The van der Waals surface area contributed by atoms with Crippen molar-refractivity contribution < 1.29 is 18.0 Å². The second kappa shape index (κ2) is 7.80. The summed E-state index contributed by atoms with van der Waals surface area (Å²) in [6.07, 6.45) is -3.82. The molecule has 0 spiro atoms. The first-order valence-corrected chi connectivity index (χ1v) is 10.2. The Hall–Kier alpha value is -2.21. The molecule has 0 bridgehead atoms. The molecule has 2 N–H and O–H groups in total. The second-order valence-electron chi connectivity index (χ2n) is 9.01. The SMILES string of the molecule is Cc1cc(N2CCc3cc(C(F)(F)F)ccc3C2)cc(Cl)c1C(C(N)=O)C(C)(C)C. The number of hydrogen-bond donors (Lipinski definition) is 1. The number of anilines is 1. The number of nitrogens with two attached hydrogens (primary N) is 1. The number of rotatable bonds is 3. The molecule has 0 radical (unpaired) electrons. The number of aryl methyl sites for hydroxylation is 1. The molecule has 1 heterocycles. The van der Waals surface area contributed by atoms with Crippen molar-refractivity contribution in [3.8, 4) is 0 Å². The molecule has 1 aliphatic heterocycles. The molecule has 7 heteroatoms. The first-order chi connectivity index (χ1) is 13.8. The largest absolute Gasteiger partial charge is 0.416 e. The zero-order valence-corrected chi connectivity index (χ0v) is 18.3. The van der Waals surface area contributed by atoms with Crippen molar-refractivity contribution in [2.45, 2.75) is 52.8 Å². The fourth-order valence-electron chi connectivity index (χ4n) is 4.24. The summed E-state index contributed by atoms with van der Waals surface area (Å²) in [6.45, 7) is 8.83. The summed E-state index contributed by atoms with van der Waals surface area (Å²) in [6, 6.07) is 7.72.